The molecular weight excluding hydrogens is 362 g/mol. The molecule has 27 heavy (non-hydrogen) atoms. The van der Waals surface area contributed by atoms with Crippen LogP contribution in [0.25, 0.3) is 11.4 Å². The van der Waals surface area contributed by atoms with E-state index >= 15 is 0 Å². The number of hydrogen-bond acceptors (Lipinski definition) is 4. The fraction of sp³-hybridized carbons (Fsp3) is 0.476. The molecule has 0 amide bonds. The van der Waals surface area contributed by atoms with Crippen LogP contribution in [0.3, 0.4) is 0 Å². The molecule has 1 N–H and O–H groups in total. The molecule has 3 rings (SSSR count). The monoisotopic (exact) mass is 389 g/mol. The van der Waals surface area contributed by atoms with Crippen molar-refractivity contribution in [3.8, 4) is 11.4 Å². The van der Waals surface area contributed by atoms with Gasteiger partial charge in [0.2, 0.25) is 0 Å². The Labute approximate surface area is 167 Å². The summed E-state index contributed by atoms with van der Waals surface area (Å²) in [6, 6.07) is 10.6. The Morgan fingerprint density at radius 1 is 1.19 bits per heavy atom. The first-order valence-electron chi connectivity index (χ1n) is 9.46. The lowest BCUT2D eigenvalue weighted by atomic mass is 10.0. The van der Waals surface area contributed by atoms with Gasteiger partial charge in [0.1, 0.15) is 5.82 Å². The molecule has 0 saturated heterocycles. The second kappa shape index (κ2) is 9.70. The normalized spacial score (nSPS) is 14.2. The van der Waals surface area contributed by atoms with Crippen LogP contribution in [0, 0.1) is 0 Å². The molecule has 1 saturated carbocycles. The van der Waals surface area contributed by atoms with E-state index in [4.69, 9.17) is 10.1 Å². The summed E-state index contributed by atoms with van der Waals surface area (Å²) in [5, 5.41) is 9.10. The van der Waals surface area contributed by atoms with Crippen LogP contribution in [-0.2, 0) is 4.79 Å². The van der Waals surface area contributed by atoms with E-state index in [0.29, 0.717) is 24.3 Å². The van der Waals surface area contributed by atoms with Crippen molar-refractivity contribution in [3.63, 3.8) is 0 Å². The number of aromatic nitrogens is 2. The number of carboxylic acids is 1. The van der Waals surface area contributed by atoms with Gasteiger partial charge in [0.15, 0.2) is 5.82 Å². The first kappa shape index (κ1) is 21.2. The summed E-state index contributed by atoms with van der Waals surface area (Å²) in [5.74, 6) is 1.24. The number of carbonyl (C=O) groups is 1. The number of nitrogens with zero attached hydrogens (tertiary/aromatic N) is 3. The van der Waals surface area contributed by atoms with Crippen molar-refractivity contribution in [2.24, 2.45) is 0 Å². The van der Waals surface area contributed by atoms with Gasteiger partial charge in [0.25, 0.3) is 0 Å². The number of benzene rings is 1. The third-order valence-corrected chi connectivity index (χ3v) is 5.10. The maximum absolute atomic E-state index is 11.1. The van der Waals surface area contributed by atoms with E-state index < -0.39 is 5.97 Å². The van der Waals surface area contributed by atoms with Crippen molar-refractivity contribution in [2.75, 3.05) is 11.4 Å². The number of carboxylic acid groups (broad SMARTS) is 1. The van der Waals surface area contributed by atoms with Crippen molar-refractivity contribution in [1.82, 2.24) is 9.97 Å². The highest BCUT2D eigenvalue weighted by atomic mass is 35.5. The molecule has 1 aliphatic rings. The smallest absolute Gasteiger partial charge is 0.305 e. The van der Waals surface area contributed by atoms with Crippen LogP contribution in [0.1, 0.15) is 57.4 Å². The Morgan fingerprint density at radius 3 is 2.44 bits per heavy atom. The minimum absolute atomic E-state index is 0. The topological polar surface area (TPSA) is 66.3 Å². The van der Waals surface area contributed by atoms with Crippen molar-refractivity contribution in [3.05, 3.63) is 42.1 Å². The predicted molar refractivity (Wildman–Crippen MR) is 111 cm³/mol. The fourth-order valence-electron chi connectivity index (χ4n) is 3.58. The molecule has 0 unspecified atom stereocenters. The molecule has 1 aromatic carbocycles. The van der Waals surface area contributed by atoms with Crippen LogP contribution in [0.15, 0.2) is 36.5 Å². The summed E-state index contributed by atoms with van der Waals surface area (Å²) in [5.41, 5.74) is 2.28. The highest BCUT2D eigenvalue weighted by Gasteiger charge is 2.24. The number of rotatable bonds is 7. The minimum Gasteiger partial charge on any atom is -0.481 e. The van der Waals surface area contributed by atoms with E-state index in [-0.39, 0.29) is 18.8 Å². The van der Waals surface area contributed by atoms with Crippen LogP contribution in [-0.4, -0.2) is 33.6 Å². The first-order chi connectivity index (χ1) is 12.5. The van der Waals surface area contributed by atoms with E-state index in [9.17, 15) is 4.79 Å². The van der Waals surface area contributed by atoms with Crippen molar-refractivity contribution >= 4 is 24.2 Å². The van der Waals surface area contributed by atoms with Gasteiger partial charge >= 0.3 is 5.97 Å². The van der Waals surface area contributed by atoms with E-state index in [2.05, 4.69) is 48.0 Å². The van der Waals surface area contributed by atoms with Gasteiger partial charge in [0.05, 0.1) is 6.42 Å². The van der Waals surface area contributed by atoms with Crippen LogP contribution in [0.4, 0.5) is 5.82 Å². The first-order valence-corrected chi connectivity index (χ1v) is 9.46. The Kier molecular flexibility index (Phi) is 7.60. The average molecular weight is 390 g/mol. The zero-order chi connectivity index (χ0) is 18.5. The molecule has 0 aliphatic heterocycles. The van der Waals surface area contributed by atoms with Gasteiger partial charge in [-0.05, 0) is 30.4 Å². The van der Waals surface area contributed by atoms with Gasteiger partial charge in [0, 0.05) is 24.3 Å². The third-order valence-electron chi connectivity index (χ3n) is 5.10. The van der Waals surface area contributed by atoms with Gasteiger partial charge in [-0.1, -0.05) is 51.0 Å². The molecule has 0 radical (unpaired) electrons. The SMILES string of the molecule is CC(C)c1ccc(-c2nccc(N(CCC(=O)O)C3CCCC3)n2)cc1.Cl. The molecule has 2 aromatic rings. The van der Waals surface area contributed by atoms with E-state index in [1.165, 1.54) is 18.4 Å². The molecule has 1 heterocycles. The number of anilines is 1. The molecule has 1 aromatic heterocycles. The van der Waals surface area contributed by atoms with Crippen molar-refractivity contribution < 1.29 is 9.90 Å². The lowest BCUT2D eigenvalue weighted by Gasteiger charge is -2.29. The van der Waals surface area contributed by atoms with Gasteiger partial charge in [-0.25, -0.2) is 9.97 Å². The molecule has 146 valence electrons. The summed E-state index contributed by atoms with van der Waals surface area (Å²) in [7, 11) is 0. The number of halogens is 1. The van der Waals surface area contributed by atoms with Crippen molar-refractivity contribution in [2.45, 2.75) is 57.9 Å². The largest absolute Gasteiger partial charge is 0.481 e. The molecule has 0 atom stereocenters. The maximum atomic E-state index is 11.1. The minimum atomic E-state index is -0.772. The van der Waals surface area contributed by atoms with Gasteiger partial charge < -0.3 is 10.0 Å². The second-order valence-corrected chi connectivity index (χ2v) is 7.29. The predicted octanol–water partition coefficient (Wildman–Crippen LogP) is 4.91. The van der Waals surface area contributed by atoms with Crippen molar-refractivity contribution in [1.29, 1.82) is 0 Å². The highest BCUT2D eigenvalue weighted by molar-refractivity contribution is 5.85. The number of hydrogen-bond donors (Lipinski definition) is 1. The molecular formula is C21H28ClN3O2. The molecule has 6 heteroatoms. The quantitative estimate of drug-likeness (QED) is 0.728. The summed E-state index contributed by atoms with van der Waals surface area (Å²) in [6.45, 7) is 4.84. The standard InChI is InChI=1S/C21H27N3O2.ClH/c1-15(2)16-7-9-17(10-8-16)21-22-13-11-19(23-21)24(14-12-20(25)26)18-5-3-4-6-18;/h7-11,13,15,18H,3-6,12,14H2,1-2H3,(H,25,26);1H. The molecule has 5 nitrogen and oxygen atoms in total. The molecule has 0 bridgehead atoms. The molecule has 1 aliphatic carbocycles. The Bertz CT molecular complexity index is 743. The summed E-state index contributed by atoms with van der Waals surface area (Å²) < 4.78 is 0. The Balaban J connectivity index is 0.00000261. The number of aliphatic carboxylic acids is 1. The zero-order valence-corrected chi connectivity index (χ0v) is 16.8. The second-order valence-electron chi connectivity index (χ2n) is 7.29. The summed E-state index contributed by atoms with van der Waals surface area (Å²) in [6.07, 6.45) is 6.49. The van der Waals surface area contributed by atoms with Gasteiger partial charge in [-0.15, -0.1) is 12.4 Å². The van der Waals surface area contributed by atoms with Gasteiger partial charge in [-0.2, -0.15) is 0 Å². The lowest BCUT2D eigenvalue weighted by molar-refractivity contribution is -0.136. The fourth-order valence-corrected chi connectivity index (χ4v) is 3.58. The van der Waals surface area contributed by atoms with Gasteiger partial charge in [-0.3, -0.25) is 4.79 Å². The van der Waals surface area contributed by atoms with Crippen LogP contribution < -0.4 is 4.90 Å². The van der Waals surface area contributed by atoms with Crippen LogP contribution >= 0.6 is 12.4 Å². The van der Waals surface area contributed by atoms with E-state index in [1.54, 1.807) is 6.20 Å². The average Bonchev–Trinajstić information content (AvgIpc) is 3.16. The Hall–Kier alpha value is -2.14. The lowest BCUT2D eigenvalue weighted by Crippen LogP contribution is -2.35. The summed E-state index contributed by atoms with van der Waals surface area (Å²) in [4.78, 5) is 22.4. The zero-order valence-electron chi connectivity index (χ0n) is 16.0. The van der Waals surface area contributed by atoms with E-state index in [0.717, 1.165) is 24.2 Å². The highest BCUT2D eigenvalue weighted by Crippen LogP contribution is 2.28. The van der Waals surface area contributed by atoms with Crippen LogP contribution in [0.5, 0.6) is 0 Å². The summed E-state index contributed by atoms with van der Waals surface area (Å²) >= 11 is 0. The van der Waals surface area contributed by atoms with Crippen LogP contribution in [0.2, 0.25) is 0 Å². The maximum Gasteiger partial charge on any atom is 0.305 e. The van der Waals surface area contributed by atoms with E-state index in [1.807, 2.05) is 6.07 Å². The Morgan fingerprint density at radius 2 is 1.85 bits per heavy atom. The molecule has 0 spiro atoms. The third kappa shape index (κ3) is 5.42. The molecule has 1 fully saturated rings.